The highest BCUT2D eigenvalue weighted by Gasteiger charge is 2.01. The molecule has 0 aliphatic rings. The molecular formula is C13H14N2OS. The van der Waals surface area contributed by atoms with Gasteiger partial charge in [0.2, 0.25) is 0 Å². The molecule has 0 amide bonds. The number of nitrogen functional groups attached to an aromatic ring is 1. The van der Waals surface area contributed by atoms with E-state index < -0.39 is 0 Å². The molecule has 1 rings (SSSR count). The van der Waals surface area contributed by atoms with Crippen molar-refractivity contribution in [3.63, 3.8) is 0 Å². The molecule has 0 bridgehead atoms. The molecule has 0 aliphatic heterocycles. The Morgan fingerprint density at radius 1 is 1.59 bits per heavy atom. The van der Waals surface area contributed by atoms with Crippen molar-refractivity contribution in [2.75, 3.05) is 11.5 Å². The molecule has 0 aromatic heterocycles. The third-order valence-electron chi connectivity index (χ3n) is 2.13. The topological polar surface area (TPSA) is 66.9 Å². The summed E-state index contributed by atoms with van der Waals surface area (Å²) in [6.07, 6.45) is 4.62. The highest BCUT2D eigenvalue weighted by atomic mass is 32.2. The number of hydrogen-bond donors (Lipinski definition) is 1. The highest BCUT2D eigenvalue weighted by molar-refractivity contribution is 8.13. The van der Waals surface area contributed by atoms with E-state index in [0.29, 0.717) is 11.3 Å². The van der Waals surface area contributed by atoms with Crippen LogP contribution in [-0.4, -0.2) is 10.9 Å². The minimum absolute atomic E-state index is 0.125. The summed E-state index contributed by atoms with van der Waals surface area (Å²) in [7, 11) is 0. The normalized spacial score (nSPS) is 10.4. The van der Waals surface area contributed by atoms with Crippen molar-refractivity contribution >= 4 is 28.6 Å². The summed E-state index contributed by atoms with van der Waals surface area (Å²) in [6, 6.07) is 7.47. The van der Waals surface area contributed by atoms with Crippen LogP contribution in [0.4, 0.5) is 5.69 Å². The van der Waals surface area contributed by atoms with Gasteiger partial charge in [-0.2, -0.15) is 5.26 Å². The summed E-state index contributed by atoms with van der Waals surface area (Å²) in [5.74, 6) is 0.760. The molecule has 0 aliphatic carbocycles. The van der Waals surface area contributed by atoms with Gasteiger partial charge in [0.05, 0.1) is 11.3 Å². The Hall–Kier alpha value is -1.73. The van der Waals surface area contributed by atoms with E-state index >= 15 is 0 Å². The molecule has 0 saturated carbocycles. The summed E-state index contributed by atoms with van der Waals surface area (Å²) in [4.78, 5) is 10.7. The number of carbonyl (C=O) groups is 1. The maximum Gasteiger partial charge on any atom is 0.185 e. The van der Waals surface area contributed by atoms with Crippen molar-refractivity contribution in [1.29, 1.82) is 5.26 Å². The predicted molar refractivity (Wildman–Crippen MR) is 72.4 cm³/mol. The van der Waals surface area contributed by atoms with Gasteiger partial charge in [-0.15, -0.1) is 0 Å². The number of nitrogens with zero attached hydrogens (tertiary/aromatic N) is 1. The van der Waals surface area contributed by atoms with Crippen LogP contribution in [0.25, 0.3) is 6.08 Å². The Balaban J connectivity index is 2.63. The zero-order chi connectivity index (χ0) is 12.7. The SMILES string of the molecule is CC(=O)SCCC=Cc1cccc(N)c1C#N. The van der Waals surface area contributed by atoms with Crippen LogP contribution < -0.4 is 5.73 Å². The van der Waals surface area contributed by atoms with Crippen LogP contribution in [0.5, 0.6) is 0 Å². The van der Waals surface area contributed by atoms with Gasteiger partial charge in [0.1, 0.15) is 6.07 Å². The van der Waals surface area contributed by atoms with Crippen LogP contribution in [0.3, 0.4) is 0 Å². The van der Waals surface area contributed by atoms with E-state index in [4.69, 9.17) is 11.0 Å². The molecule has 4 heteroatoms. The van der Waals surface area contributed by atoms with E-state index in [0.717, 1.165) is 17.7 Å². The lowest BCUT2D eigenvalue weighted by Crippen LogP contribution is -1.92. The first-order chi connectivity index (χ1) is 8.15. The molecule has 3 nitrogen and oxygen atoms in total. The van der Waals surface area contributed by atoms with E-state index in [1.165, 1.54) is 11.8 Å². The molecular weight excluding hydrogens is 232 g/mol. The maximum atomic E-state index is 10.7. The van der Waals surface area contributed by atoms with Gasteiger partial charge in [-0.1, -0.05) is 36.0 Å². The average Bonchev–Trinajstić information content (AvgIpc) is 2.28. The van der Waals surface area contributed by atoms with Gasteiger partial charge < -0.3 is 5.73 Å². The lowest BCUT2D eigenvalue weighted by Gasteiger charge is -2.00. The van der Waals surface area contributed by atoms with Crippen molar-refractivity contribution < 1.29 is 4.79 Å². The molecule has 0 unspecified atom stereocenters. The number of nitrogens with two attached hydrogens (primary N) is 1. The van der Waals surface area contributed by atoms with Crippen LogP contribution in [0.2, 0.25) is 0 Å². The van der Waals surface area contributed by atoms with E-state index in [1.807, 2.05) is 24.3 Å². The number of carbonyl (C=O) groups excluding carboxylic acids is 1. The van der Waals surface area contributed by atoms with Gasteiger partial charge in [0.25, 0.3) is 0 Å². The molecule has 0 fully saturated rings. The zero-order valence-corrected chi connectivity index (χ0v) is 10.5. The molecule has 1 aromatic carbocycles. The summed E-state index contributed by atoms with van der Waals surface area (Å²) >= 11 is 1.30. The molecule has 88 valence electrons. The third kappa shape index (κ3) is 4.33. The zero-order valence-electron chi connectivity index (χ0n) is 9.64. The minimum atomic E-state index is 0.125. The Labute approximate surface area is 105 Å². The van der Waals surface area contributed by atoms with Gasteiger partial charge in [0.15, 0.2) is 5.12 Å². The van der Waals surface area contributed by atoms with Crippen molar-refractivity contribution in [3.8, 4) is 6.07 Å². The fourth-order valence-electron chi connectivity index (χ4n) is 1.34. The molecule has 1 aromatic rings. The molecule has 0 atom stereocenters. The number of anilines is 1. The summed E-state index contributed by atoms with van der Waals surface area (Å²) in [6.45, 7) is 1.56. The number of hydrogen-bond acceptors (Lipinski definition) is 4. The lowest BCUT2D eigenvalue weighted by atomic mass is 10.1. The minimum Gasteiger partial charge on any atom is -0.398 e. The van der Waals surface area contributed by atoms with Crippen LogP contribution in [0.1, 0.15) is 24.5 Å². The molecule has 17 heavy (non-hydrogen) atoms. The van der Waals surface area contributed by atoms with Gasteiger partial charge in [-0.25, -0.2) is 0 Å². The summed E-state index contributed by atoms with van der Waals surface area (Å²) < 4.78 is 0. The Kier molecular flexibility index (Phi) is 5.31. The van der Waals surface area contributed by atoms with Crippen LogP contribution in [0.15, 0.2) is 24.3 Å². The third-order valence-corrected chi connectivity index (χ3v) is 2.97. The number of nitriles is 1. The average molecular weight is 246 g/mol. The van der Waals surface area contributed by atoms with Gasteiger partial charge in [-0.05, 0) is 18.1 Å². The van der Waals surface area contributed by atoms with Crippen molar-refractivity contribution in [2.24, 2.45) is 0 Å². The van der Waals surface area contributed by atoms with Crippen LogP contribution in [0, 0.1) is 11.3 Å². The number of thioether (sulfide) groups is 1. The fraction of sp³-hybridized carbons (Fsp3) is 0.231. The summed E-state index contributed by atoms with van der Waals surface area (Å²) in [5.41, 5.74) is 7.51. The Morgan fingerprint density at radius 3 is 3.00 bits per heavy atom. The lowest BCUT2D eigenvalue weighted by molar-refractivity contribution is -0.109. The smallest absolute Gasteiger partial charge is 0.185 e. The predicted octanol–water partition coefficient (Wildman–Crippen LogP) is 2.82. The van der Waals surface area contributed by atoms with Crippen molar-refractivity contribution in [2.45, 2.75) is 13.3 Å². The first-order valence-electron chi connectivity index (χ1n) is 5.23. The van der Waals surface area contributed by atoms with E-state index in [1.54, 1.807) is 13.0 Å². The largest absolute Gasteiger partial charge is 0.398 e. The van der Waals surface area contributed by atoms with Crippen LogP contribution >= 0.6 is 11.8 Å². The fourth-order valence-corrected chi connectivity index (χ4v) is 1.88. The number of benzene rings is 1. The summed E-state index contributed by atoms with van der Waals surface area (Å²) in [5, 5.41) is 9.09. The van der Waals surface area contributed by atoms with E-state index in [-0.39, 0.29) is 5.12 Å². The molecule has 0 saturated heterocycles. The van der Waals surface area contributed by atoms with Crippen molar-refractivity contribution in [3.05, 3.63) is 35.4 Å². The van der Waals surface area contributed by atoms with Gasteiger partial charge >= 0.3 is 0 Å². The number of allylic oxidation sites excluding steroid dienone is 1. The molecule has 0 heterocycles. The van der Waals surface area contributed by atoms with Gasteiger partial charge in [-0.3, -0.25) is 4.79 Å². The maximum absolute atomic E-state index is 10.7. The quantitative estimate of drug-likeness (QED) is 0.655. The van der Waals surface area contributed by atoms with E-state index in [2.05, 4.69) is 6.07 Å². The molecule has 2 N–H and O–H groups in total. The molecule has 0 spiro atoms. The molecule has 0 radical (unpaired) electrons. The second-order valence-corrected chi connectivity index (χ2v) is 4.73. The standard InChI is InChI=1S/C13H14N2OS/c1-10(16)17-8-3-2-5-11-6-4-7-13(15)12(11)9-14/h2,4-7H,3,8,15H2,1H3. The first kappa shape index (κ1) is 13.3. The second-order valence-electron chi connectivity index (χ2n) is 3.45. The second kappa shape index (κ2) is 6.77. The number of rotatable bonds is 4. The van der Waals surface area contributed by atoms with Crippen molar-refractivity contribution in [1.82, 2.24) is 0 Å². The monoisotopic (exact) mass is 246 g/mol. The highest BCUT2D eigenvalue weighted by Crippen LogP contribution is 2.17. The van der Waals surface area contributed by atoms with Crippen LogP contribution in [-0.2, 0) is 4.79 Å². The Morgan fingerprint density at radius 2 is 2.35 bits per heavy atom. The van der Waals surface area contributed by atoms with E-state index in [9.17, 15) is 4.79 Å². The Bertz CT molecular complexity index is 475. The van der Waals surface area contributed by atoms with Gasteiger partial charge in [0, 0.05) is 12.7 Å². The first-order valence-corrected chi connectivity index (χ1v) is 6.22.